The number of nitrogens with two attached hydrogens (primary N) is 1. The zero-order valence-electron chi connectivity index (χ0n) is 12.3. The number of aromatic nitrogens is 3. The Morgan fingerprint density at radius 2 is 2.10 bits per heavy atom. The van der Waals surface area contributed by atoms with E-state index in [1.165, 1.54) is 6.20 Å². The second kappa shape index (κ2) is 6.31. The van der Waals surface area contributed by atoms with Crippen molar-refractivity contribution in [1.29, 1.82) is 0 Å². The lowest BCUT2D eigenvalue weighted by atomic mass is 10.4. The smallest absolute Gasteiger partial charge is 0.263 e. The zero-order valence-corrected chi connectivity index (χ0v) is 13.1. The average molecular weight is 311 g/mol. The van der Waals surface area contributed by atoms with E-state index in [1.54, 1.807) is 23.1 Å². The molecule has 2 rings (SSSR count). The van der Waals surface area contributed by atoms with Gasteiger partial charge in [-0.2, -0.15) is 5.10 Å². The van der Waals surface area contributed by atoms with Crippen LogP contribution in [0.1, 0.15) is 26.0 Å². The zero-order chi connectivity index (χ0) is 15.5. The van der Waals surface area contributed by atoms with E-state index in [4.69, 9.17) is 5.73 Å². The van der Waals surface area contributed by atoms with Gasteiger partial charge in [-0.15, -0.1) is 0 Å². The molecular formula is C13H21N5O2S. The molecule has 0 fully saturated rings. The first-order valence-corrected chi connectivity index (χ1v) is 8.42. The van der Waals surface area contributed by atoms with E-state index in [-0.39, 0.29) is 4.90 Å². The van der Waals surface area contributed by atoms with Gasteiger partial charge in [0.1, 0.15) is 4.90 Å². The van der Waals surface area contributed by atoms with E-state index in [2.05, 4.69) is 9.82 Å². The van der Waals surface area contributed by atoms with Crippen LogP contribution in [0.15, 0.2) is 29.6 Å². The van der Waals surface area contributed by atoms with Crippen molar-refractivity contribution >= 4 is 15.7 Å². The molecule has 0 aliphatic heterocycles. The summed E-state index contributed by atoms with van der Waals surface area (Å²) in [6, 6.07) is 1.61. The largest absolute Gasteiger partial charge is 0.349 e. The number of aryl methyl sites for hydroxylation is 2. The quantitative estimate of drug-likeness (QED) is 0.807. The number of nitrogens with one attached hydrogen (secondary N) is 1. The summed E-state index contributed by atoms with van der Waals surface area (Å²) in [5.41, 5.74) is 6.92. The van der Waals surface area contributed by atoms with Gasteiger partial charge in [-0.1, -0.05) is 6.92 Å². The van der Waals surface area contributed by atoms with E-state index >= 15 is 0 Å². The van der Waals surface area contributed by atoms with E-state index < -0.39 is 10.0 Å². The molecule has 0 amide bonds. The predicted octanol–water partition coefficient (Wildman–Crippen LogP) is 1.37. The van der Waals surface area contributed by atoms with Crippen LogP contribution in [0.4, 0.5) is 5.69 Å². The number of nitrogens with zero attached hydrogens (tertiary/aromatic N) is 3. The lowest BCUT2D eigenvalue weighted by molar-refractivity contribution is 0.600. The van der Waals surface area contributed by atoms with Gasteiger partial charge in [-0.05, 0) is 19.4 Å². The fourth-order valence-electron chi connectivity index (χ4n) is 2.10. The van der Waals surface area contributed by atoms with Crippen molar-refractivity contribution in [3.63, 3.8) is 0 Å². The Hall–Kier alpha value is -1.80. The molecule has 0 aromatic carbocycles. The normalized spacial score (nSPS) is 11.8. The highest BCUT2D eigenvalue weighted by atomic mass is 32.2. The third-order valence-corrected chi connectivity index (χ3v) is 4.50. The van der Waals surface area contributed by atoms with Crippen molar-refractivity contribution in [3.05, 3.63) is 30.4 Å². The molecule has 0 saturated heterocycles. The molecule has 7 nitrogen and oxygen atoms in total. The topological polar surface area (TPSA) is 94.9 Å². The molecule has 0 radical (unpaired) electrons. The van der Waals surface area contributed by atoms with Gasteiger partial charge < -0.3 is 10.3 Å². The fraction of sp³-hybridized carbons (Fsp3) is 0.462. The number of sulfonamides is 1. The SMILES string of the molecule is CCCn1cc(S(=O)(=O)Nc2cnn(CC)c2)cc1CN. The highest BCUT2D eigenvalue weighted by Crippen LogP contribution is 2.18. The third kappa shape index (κ3) is 3.45. The molecule has 0 saturated carbocycles. The standard InChI is InChI=1S/C13H21N5O2S/c1-3-5-17-10-13(6-12(17)7-14)21(19,20)16-11-8-15-18(4-2)9-11/h6,8-10,16H,3-5,7,14H2,1-2H3. The second-order valence-electron chi connectivity index (χ2n) is 4.75. The summed E-state index contributed by atoms with van der Waals surface area (Å²) in [4.78, 5) is 0.223. The summed E-state index contributed by atoms with van der Waals surface area (Å²) in [5.74, 6) is 0. The Labute approximate surface area is 124 Å². The Morgan fingerprint density at radius 3 is 2.67 bits per heavy atom. The van der Waals surface area contributed by atoms with Crippen LogP contribution in [0.3, 0.4) is 0 Å². The van der Waals surface area contributed by atoms with E-state index in [0.717, 1.165) is 18.7 Å². The molecule has 8 heteroatoms. The van der Waals surface area contributed by atoms with Crippen molar-refractivity contribution < 1.29 is 8.42 Å². The molecule has 0 unspecified atom stereocenters. The highest BCUT2D eigenvalue weighted by molar-refractivity contribution is 7.92. The van der Waals surface area contributed by atoms with Gasteiger partial charge in [0.05, 0.1) is 11.9 Å². The Balaban J connectivity index is 2.26. The first kappa shape index (κ1) is 15.6. The van der Waals surface area contributed by atoms with Gasteiger partial charge in [-0.25, -0.2) is 8.42 Å². The maximum absolute atomic E-state index is 12.4. The molecule has 2 aromatic rings. The van der Waals surface area contributed by atoms with Gasteiger partial charge in [0.15, 0.2) is 0 Å². The third-order valence-electron chi connectivity index (χ3n) is 3.15. The van der Waals surface area contributed by atoms with Crippen LogP contribution in [0.5, 0.6) is 0 Å². The summed E-state index contributed by atoms with van der Waals surface area (Å²) >= 11 is 0. The van der Waals surface area contributed by atoms with Crippen molar-refractivity contribution in [2.24, 2.45) is 5.73 Å². The maximum atomic E-state index is 12.4. The van der Waals surface area contributed by atoms with Gasteiger partial charge in [0, 0.05) is 37.7 Å². The molecule has 2 aromatic heterocycles. The molecule has 0 aliphatic rings. The van der Waals surface area contributed by atoms with Crippen molar-refractivity contribution in [2.45, 2.75) is 44.8 Å². The summed E-state index contributed by atoms with van der Waals surface area (Å²) in [5, 5.41) is 4.05. The summed E-state index contributed by atoms with van der Waals surface area (Å²) in [6.45, 7) is 5.71. The van der Waals surface area contributed by atoms with Gasteiger partial charge >= 0.3 is 0 Å². The number of rotatable bonds is 7. The molecule has 116 valence electrons. The molecule has 21 heavy (non-hydrogen) atoms. The van der Waals surface area contributed by atoms with Gasteiger partial charge in [0.25, 0.3) is 10.0 Å². The Kier molecular flexibility index (Phi) is 4.69. The van der Waals surface area contributed by atoms with Crippen molar-refractivity contribution in [1.82, 2.24) is 14.3 Å². The maximum Gasteiger partial charge on any atom is 0.263 e. The average Bonchev–Trinajstić information content (AvgIpc) is 3.05. The summed E-state index contributed by atoms with van der Waals surface area (Å²) < 4.78 is 30.8. The van der Waals surface area contributed by atoms with Crippen LogP contribution in [-0.4, -0.2) is 22.8 Å². The van der Waals surface area contributed by atoms with Crippen LogP contribution in [0, 0.1) is 0 Å². The molecule has 0 spiro atoms. The lowest BCUT2D eigenvalue weighted by Gasteiger charge is -2.04. The van der Waals surface area contributed by atoms with Gasteiger partial charge in [-0.3, -0.25) is 9.40 Å². The van der Waals surface area contributed by atoms with Crippen LogP contribution in [0.25, 0.3) is 0 Å². The highest BCUT2D eigenvalue weighted by Gasteiger charge is 2.18. The summed E-state index contributed by atoms with van der Waals surface area (Å²) in [6.07, 6.45) is 5.69. The molecular weight excluding hydrogens is 290 g/mol. The Morgan fingerprint density at radius 1 is 1.33 bits per heavy atom. The van der Waals surface area contributed by atoms with Crippen molar-refractivity contribution in [2.75, 3.05) is 4.72 Å². The first-order chi connectivity index (χ1) is 10.00. The molecule has 0 aliphatic carbocycles. The van der Waals surface area contributed by atoms with Crippen LogP contribution >= 0.6 is 0 Å². The van der Waals surface area contributed by atoms with Gasteiger partial charge in [0.2, 0.25) is 0 Å². The molecule has 2 heterocycles. The fourth-order valence-corrected chi connectivity index (χ4v) is 3.19. The minimum atomic E-state index is -3.62. The van der Waals surface area contributed by atoms with E-state index in [9.17, 15) is 8.42 Å². The predicted molar refractivity (Wildman–Crippen MR) is 81.3 cm³/mol. The summed E-state index contributed by atoms with van der Waals surface area (Å²) in [7, 11) is -3.62. The number of hydrogen-bond acceptors (Lipinski definition) is 4. The first-order valence-electron chi connectivity index (χ1n) is 6.94. The lowest BCUT2D eigenvalue weighted by Crippen LogP contribution is -2.12. The van der Waals surface area contributed by atoms with Crippen molar-refractivity contribution in [3.8, 4) is 0 Å². The Bertz CT molecular complexity index is 702. The van der Waals surface area contributed by atoms with Crippen LogP contribution < -0.4 is 10.5 Å². The molecule has 3 N–H and O–H groups in total. The molecule has 0 bridgehead atoms. The second-order valence-corrected chi connectivity index (χ2v) is 6.44. The van der Waals surface area contributed by atoms with E-state index in [0.29, 0.717) is 18.8 Å². The number of hydrogen-bond donors (Lipinski definition) is 2. The minimum absolute atomic E-state index is 0.223. The van der Waals surface area contributed by atoms with E-state index in [1.807, 2.05) is 18.4 Å². The number of anilines is 1. The molecule has 0 atom stereocenters. The monoisotopic (exact) mass is 311 g/mol. The minimum Gasteiger partial charge on any atom is -0.349 e. The van der Waals surface area contributed by atoms with Crippen LogP contribution in [0.2, 0.25) is 0 Å². The van der Waals surface area contributed by atoms with Crippen LogP contribution in [-0.2, 0) is 29.7 Å².